The maximum atomic E-state index is 8.05. The summed E-state index contributed by atoms with van der Waals surface area (Å²) in [5, 5.41) is 20.0. The van der Waals surface area contributed by atoms with Crippen molar-refractivity contribution < 1.29 is 0 Å². The van der Waals surface area contributed by atoms with E-state index in [1.807, 2.05) is 12.1 Å². The fourth-order valence-corrected chi connectivity index (χ4v) is 0.370. The fourth-order valence-electron chi connectivity index (χ4n) is 0.370. The Morgan fingerprint density at radius 1 is 1.00 bits per heavy atom. The summed E-state index contributed by atoms with van der Waals surface area (Å²) in [6, 6.07) is 3.94. The van der Waals surface area contributed by atoms with Gasteiger partial charge in [-0.3, -0.25) is 0 Å². The summed E-state index contributed by atoms with van der Waals surface area (Å²) in [5.41, 5.74) is 0. The Balaban J connectivity index is 2.79. The zero-order valence-corrected chi connectivity index (χ0v) is 5.17. The van der Waals surface area contributed by atoms with Gasteiger partial charge in [-0.1, -0.05) is 0 Å². The summed E-state index contributed by atoms with van der Waals surface area (Å²) in [5.74, 6) is 0. The molecule has 0 spiro atoms. The molecule has 0 aromatic rings. The highest BCUT2D eigenvalue weighted by molar-refractivity contribution is 4.73. The van der Waals surface area contributed by atoms with E-state index in [9.17, 15) is 0 Å². The molecule has 0 atom stereocenters. The monoisotopic (exact) mass is 122 g/mol. The third-order valence-corrected chi connectivity index (χ3v) is 0.763. The highest BCUT2D eigenvalue weighted by Gasteiger charge is 1.85. The van der Waals surface area contributed by atoms with Crippen LogP contribution in [0, 0.1) is 22.7 Å². The Morgan fingerprint density at radius 3 is 1.78 bits per heavy atom. The first-order valence-corrected chi connectivity index (χ1v) is 2.79. The molecule has 0 bridgehead atoms. The predicted octanol–water partition coefficient (Wildman–Crippen LogP) is 0.418. The van der Waals surface area contributed by atoms with Gasteiger partial charge < -0.3 is 0 Å². The van der Waals surface area contributed by atoms with Crippen LogP contribution in [0.3, 0.4) is 0 Å². The second-order valence-corrected chi connectivity index (χ2v) is 1.49. The molecular formula is C6H8N3. The minimum absolute atomic E-state index is 0.464. The van der Waals surface area contributed by atoms with Gasteiger partial charge in [-0.05, 0) is 0 Å². The lowest BCUT2D eigenvalue weighted by Crippen LogP contribution is -2.06. The minimum Gasteiger partial charge on any atom is -0.240 e. The second-order valence-electron chi connectivity index (χ2n) is 1.49. The number of hydrogen-bond donors (Lipinski definition) is 0. The van der Waals surface area contributed by atoms with Crippen LogP contribution in [-0.4, -0.2) is 13.1 Å². The molecule has 0 amide bonds. The third-order valence-electron chi connectivity index (χ3n) is 0.763. The first kappa shape index (κ1) is 7.94. The lowest BCUT2D eigenvalue weighted by atomic mass is 10.4. The first-order valence-electron chi connectivity index (χ1n) is 2.79. The summed E-state index contributed by atoms with van der Waals surface area (Å²) < 4.78 is 0. The van der Waals surface area contributed by atoms with Crippen LogP contribution in [0.2, 0.25) is 0 Å². The van der Waals surface area contributed by atoms with Crippen molar-refractivity contribution in [2.45, 2.75) is 12.8 Å². The Morgan fingerprint density at radius 2 is 1.44 bits per heavy atom. The Hall–Kier alpha value is -1.06. The van der Waals surface area contributed by atoms with Crippen LogP contribution in [0.1, 0.15) is 12.8 Å². The molecule has 0 N–H and O–H groups in total. The van der Waals surface area contributed by atoms with E-state index in [0.29, 0.717) is 25.9 Å². The van der Waals surface area contributed by atoms with Gasteiger partial charge >= 0.3 is 0 Å². The normalized spacial score (nSPS) is 7.78. The van der Waals surface area contributed by atoms with E-state index in [4.69, 9.17) is 10.5 Å². The maximum absolute atomic E-state index is 8.05. The Bertz CT molecular complexity index is 112. The van der Waals surface area contributed by atoms with Gasteiger partial charge in [-0.2, -0.15) is 10.5 Å². The average molecular weight is 122 g/mol. The Kier molecular flexibility index (Phi) is 6.12. The molecule has 47 valence electrons. The van der Waals surface area contributed by atoms with Crippen molar-refractivity contribution in [2.24, 2.45) is 0 Å². The quantitative estimate of drug-likeness (QED) is 0.507. The topological polar surface area (TPSA) is 61.7 Å². The maximum Gasteiger partial charge on any atom is 0.0635 e. The number of nitriles is 2. The molecule has 0 unspecified atom stereocenters. The van der Waals surface area contributed by atoms with E-state index in [1.54, 1.807) is 0 Å². The van der Waals surface area contributed by atoms with Gasteiger partial charge in [-0.15, -0.1) is 0 Å². The minimum atomic E-state index is 0.464. The summed E-state index contributed by atoms with van der Waals surface area (Å²) in [6.45, 7) is 1.14. The lowest BCUT2D eigenvalue weighted by molar-refractivity contribution is 0.689. The molecule has 0 aliphatic carbocycles. The first-order chi connectivity index (χ1) is 4.41. The molecule has 3 nitrogen and oxygen atoms in total. The van der Waals surface area contributed by atoms with Crippen LogP contribution >= 0.6 is 0 Å². The van der Waals surface area contributed by atoms with E-state index >= 15 is 0 Å². The summed E-state index contributed by atoms with van der Waals surface area (Å²) >= 11 is 0. The van der Waals surface area contributed by atoms with Crippen LogP contribution < -0.4 is 5.32 Å². The highest BCUT2D eigenvalue weighted by Crippen LogP contribution is 1.75. The van der Waals surface area contributed by atoms with Crippen molar-refractivity contribution in [1.29, 1.82) is 10.5 Å². The van der Waals surface area contributed by atoms with E-state index in [0.717, 1.165) is 0 Å². The van der Waals surface area contributed by atoms with Crippen LogP contribution in [0.15, 0.2) is 0 Å². The van der Waals surface area contributed by atoms with Gasteiger partial charge in [0.05, 0.1) is 12.1 Å². The lowest BCUT2D eigenvalue weighted by Gasteiger charge is -1.90. The van der Waals surface area contributed by atoms with E-state index < -0.39 is 0 Å². The summed E-state index contributed by atoms with van der Waals surface area (Å²) in [6.07, 6.45) is 0.927. The molecule has 0 fully saturated rings. The Labute approximate surface area is 54.9 Å². The average Bonchev–Trinajstić information content (AvgIpc) is 1.89. The van der Waals surface area contributed by atoms with Gasteiger partial charge in [0.25, 0.3) is 0 Å². The van der Waals surface area contributed by atoms with E-state index in [1.165, 1.54) is 0 Å². The molecule has 0 aromatic carbocycles. The molecule has 0 saturated heterocycles. The second kappa shape index (κ2) is 6.94. The number of rotatable bonds is 4. The molecule has 0 heterocycles. The van der Waals surface area contributed by atoms with Crippen molar-refractivity contribution >= 4 is 0 Å². The molecule has 9 heavy (non-hydrogen) atoms. The predicted molar refractivity (Wildman–Crippen MR) is 32.3 cm³/mol. The molecule has 0 aliphatic heterocycles. The number of hydrogen-bond acceptors (Lipinski definition) is 2. The van der Waals surface area contributed by atoms with Crippen LogP contribution in [-0.2, 0) is 0 Å². The zero-order valence-electron chi connectivity index (χ0n) is 5.17. The molecular weight excluding hydrogens is 114 g/mol. The van der Waals surface area contributed by atoms with Crippen molar-refractivity contribution in [1.82, 2.24) is 5.32 Å². The zero-order chi connectivity index (χ0) is 6.95. The van der Waals surface area contributed by atoms with E-state index in [2.05, 4.69) is 5.32 Å². The smallest absolute Gasteiger partial charge is 0.0635 e. The van der Waals surface area contributed by atoms with Gasteiger partial charge in [0.1, 0.15) is 0 Å². The van der Waals surface area contributed by atoms with Crippen LogP contribution in [0.4, 0.5) is 0 Å². The molecule has 0 saturated carbocycles. The van der Waals surface area contributed by atoms with Crippen molar-refractivity contribution in [3.8, 4) is 12.1 Å². The summed E-state index contributed by atoms with van der Waals surface area (Å²) in [4.78, 5) is 0. The molecule has 0 aliphatic rings. The number of nitrogens with zero attached hydrogens (tertiary/aromatic N) is 3. The SMILES string of the molecule is N#CCC[N]CCC#N. The standard InChI is InChI=1S/C6H8N3/c7-3-1-5-9-6-2-4-8/h1-2,5-6H2. The molecule has 0 aromatic heterocycles. The van der Waals surface area contributed by atoms with Crippen molar-refractivity contribution in [2.75, 3.05) is 13.1 Å². The van der Waals surface area contributed by atoms with Crippen molar-refractivity contribution in [3.63, 3.8) is 0 Å². The van der Waals surface area contributed by atoms with Crippen LogP contribution in [0.25, 0.3) is 0 Å². The third kappa shape index (κ3) is 6.94. The van der Waals surface area contributed by atoms with Gasteiger partial charge in [-0.25, -0.2) is 5.32 Å². The highest BCUT2D eigenvalue weighted by atomic mass is 14.8. The van der Waals surface area contributed by atoms with Gasteiger partial charge in [0.15, 0.2) is 0 Å². The largest absolute Gasteiger partial charge is 0.240 e. The van der Waals surface area contributed by atoms with Gasteiger partial charge in [0, 0.05) is 25.9 Å². The molecule has 3 heteroatoms. The van der Waals surface area contributed by atoms with Gasteiger partial charge in [0.2, 0.25) is 0 Å². The van der Waals surface area contributed by atoms with E-state index in [-0.39, 0.29) is 0 Å². The molecule has 1 radical (unpaired) electrons. The fraction of sp³-hybridized carbons (Fsp3) is 0.667. The van der Waals surface area contributed by atoms with Crippen LogP contribution in [0.5, 0.6) is 0 Å². The summed E-state index contributed by atoms with van der Waals surface area (Å²) in [7, 11) is 0. The molecule has 0 rings (SSSR count). The van der Waals surface area contributed by atoms with Crippen molar-refractivity contribution in [3.05, 3.63) is 0 Å².